The second kappa shape index (κ2) is 8.99. The van der Waals surface area contributed by atoms with Crippen LogP contribution in [-0.4, -0.2) is 37.7 Å². The van der Waals surface area contributed by atoms with Gasteiger partial charge in [0, 0.05) is 29.4 Å². The van der Waals surface area contributed by atoms with Gasteiger partial charge in [-0.3, -0.25) is 9.48 Å². The SMILES string of the molecule is CN(c1ccc2c(cnn2Cc2ccccc2)c1)c1ncnc(Nc2cccc(C(N)=O)c2)n1. The Morgan fingerprint density at radius 3 is 2.71 bits per heavy atom. The number of benzene rings is 3. The van der Waals surface area contributed by atoms with E-state index >= 15 is 0 Å². The molecule has 1 amide bonds. The number of primary amides is 1. The number of hydrogen-bond acceptors (Lipinski definition) is 7. The van der Waals surface area contributed by atoms with E-state index in [1.165, 1.54) is 11.9 Å². The summed E-state index contributed by atoms with van der Waals surface area (Å²) in [4.78, 5) is 26.3. The topological polar surface area (TPSA) is 115 Å². The Balaban J connectivity index is 1.37. The molecule has 0 saturated heterocycles. The fourth-order valence-electron chi connectivity index (χ4n) is 3.67. The predicted molar refractivity (Wildman–Crippen MR) is 131 cm³/mol. The molecule has 9 heteroatoms. The van der Waals surface area contributed by atoms with Crippen molar-refractivity contribution in [2.45, 2.75) is 6.54 Å². The highest BCUT2D eigenvalue weighted by Gasteiger charge is 2.12. The Hall–Kier alpha value is -4.79. The number of fused-ring (bicyclic) bond motifs is 1. The van der Waals surface area contributed by atoms with Gasteiger partial charge in [0.15, 0.2) is 0 Å². The zero-order chi connectivity index (χ0) is 23.5. The van der Waals surface area contributed by atoms with E-state index in [-0.39, 0.29) is 0 Å². The molecule has 34 heavy (non-hydrogen) atoms. The third-order valence-electron chi connectivity index (χ3n) is 5.45. The molecule has 3 N–H and O–H groups in total. The van der Waals surface area contributed by atoms with Crippen molar-refractivity contribution in [3.8, 4) is 0 Å². The highest BCUT2D eigenvalue weighted by atomic mass is 16.1. The van der Waals surface area contributed by atoms with Crippen molar-refractivity contribution in [2.24, 2.45) is 5.73 Å². The van der Waals surface area contributed by atoms with Crippen LogP contribution in [0.3, 0.4) is 0 Å². The van der Waals surface area contributed by atoms with Gasteiger partial charge in [-0.25, -0.2) is 9.97 Å². The quantitative estimate of drug-likeness (QED) is 0.387. The number of nitrogens with two attached hydrogens (primary N) is 1. The minimum absolute atomic E-state index is 0.357. The summed E-state index contributed by atoms with van der Waals surface area (Å²) in [5, 5.41) is 8.67. The van der Waals surface area contributed by atoms with Gasteiger partial charge >= 0.3 is 0 Å². The summed E-state index contributed by atoms with van der Waals surface area (Å²) < 4.78 is 1.99. The summed E-state index contributed by atoms with van der Waals surface area (Å²) in [5.74, 6) is 0.331. The van der Waals surface area contributed by atoms with Crippen molar-refractivity contribution >= 4 is 40.1 Å². The predicted octanol–water partition coefficient (Wildman–Crippen LogP) is 3.88. The molecule has 0 radical (unpaired) electrons. The summed E-state index contributed by atoms with van der Waals surface area (Å²) in [7, 11) is 1.89. The number of hydrogen-bond donors (Lipinski definition) is 2. The number of nitrogens with one attached hydrogen (secondary N) is 1. The first kappa shape index (κ1) is 21.1. The normalized spacial score (nSPS) is 10.9. The highest BCUT2D eigenvalue weighted by molar-refractivity contribution is 5.93. The van der Waals surface area contributed by atoms with Crippen LogP contribution in [0.25, 0.3) is 10.9 Å². The van der Waals surface area contributed by atoms with Crippen LogP contribution >= 0.6 is 0 Å². The van der Waals surface area contributed by atoms with E-state index in [9.17, 15) is 4.79 Å². The van der Waals surface area contributed by atoms with Crippen LogP contribution < -0.4 is 16.0 Å². The molecule has 2 heterocycles. The first-order valence-electron chi connectivity index (χ1n) is 10.7. The molecular weight excluding hydrogens is 428 g/mol. The zero-order valence-electron chi connectivity index (χ0n) is 18.5. The molecule has 0 atom stereocenters. The standard InChI is InChI=1S/C25H22N8O/c1-32(25-28-16-27-24(31-25)30-20-9-5-8-18(12-20)23(26)34)21-10-11-22-19(13-21)14-29-33(22)15-17-6-3-2-4-7-17/h2-14,16H,15H2,1H3,(H2,26,34)(H,27,28,30,31). The van der Waals surface area contributed by atoms with E-state index < -0.39 is 5.91 Å². The van der Waals surface area contributed by atoms with Crippen molar-refractivity contribution in [3.05, 3.63) is 96.4 Å². The molecule has 0 aliphatic heterocycles. The van der Waals surface area contributed by atoms with Crippen LogP contribution in [0.2, 0.25) is 0 Å². The van der Waals surface area contributed by atoms with Crippen LogP contribution in [0, 0.1) is 0 Å². The third kappa shape index (κ3) is 4.40. The second-order valence-electron chi connectivity index (χ2n) is 7.77. The molecular formula is C25H22N8O. The van der Waals surface area contributed by atoms with Crippen molar-refractivity contribution < 1.29 is 4.79 Å². The van der Waals surface area contributed by atoms with E-state index in [0.717, 1.165) is 16.6 Å². The van der Waals surface area contributed by atoms with E-state index in [2.05, 4.69) is 43.6 Å². The fraction of sp³-hybridized carbons (Fsp3) is 0.0800. The molecule has 5 aromatic rings. The van der Waals surface area contributed by atoms with Crippen LogP contribution in [-0.2, 0) is 6.54 Å². The number of aromatic nitrogens is 5. The Kier molecular flexibility index (Phi) is 5.57. The maximum Gasteiger partial charge on any atom is 0.248 e. The fourth-order valence-corrected chi connectivity index (χ4v) is 3.67. The maximum absolute atomic E-state index is 11.4. The smallest absolute Gasteiger partial charge is 0.248 e. The van der Waals surface area contributed by atoms with Crippen LogP contribution in [0.15, 0.2) is 85.3 Å². The molecule has 168 valence electrons. The highest BCUT2D eigenvalue weighted by Crippen LogP contribution is 2.26. The summed E-state index contributed by atoms with van der Waals surface area (Å²) in [6.07, 6.45) is 3.30. The Labute approximate surface area is 195 Å². The van der Waals surface area contributed by atoms with Crippen LogP contribution in [0.4, 0.5) is 23.3 Å². The van der Waals surface area contributed by atoms with Gasteiger partial charge in [-0.15, -0.1) is 0 Å². The molecule has 2 aromatic heterocycles. The van der Waals surface area contributed by atoms with Crippen molar-refractivity contribution in [3.63, 3.8) is 0 Å². The summed E-state index contributed by atoms with van der Waals surface area (Å²) in [6.45, 7) is 0.707. The number of carbonyl (C=O) groups is 1. The Bertz CT molecular complexity index is 1460. The Morgan fingerprint density at radius 2 is 1.88 bits per heavy atom. The lowest BCUT2D eigenvalue weighted by atomic mass is 10.2. The molecule has 0 saturated carbocycles. The maximum atomic E-state index is 11.4. The number of anilines is 4. The van der Waals surface area contributed by atoms with E-state index in [4.69, 9.17) is 5.73 Å². The minimum atomic E-state index is -0.498. The summed E-state index contributed by atoms with van der Waals surface area (Å²) in [6, 6.07) is 23.2. The molecule has 5 rings (SSSR count). The Morgan fingerprint density at radius 1 is 1.03 bits per heavy atom. The first-order chi connectivity index (χ1) is 16.6. The molecule has 0 spiro atoms. The largest absolute Gasteiger partial charge is 0.366 e. The average molecular weight is 451 g/mol. The molecule has 9 nitrogen and oxygen atoms in total. The van der Waals surface area contributed by atoms with Gasteiger partial charge in [-0.2, -0.15) is 10.1 Å². The lowest BCUT2D eigenvalue weighted by Crippen LogP contribution is -2.14. The van der Waals surface area contributed by atoms with E-state index in [0.29, 0.717) is 29.7 Å². The zero-order valence-corrected chi connectivity index (χ0v) is 18.5. The minimum Gasteiger partial charge on any atom is -0.366 e. The van der Waals surface area contributed by atoms with Crippen LogP contribution in [0.1, 0.15) is 15.9 Å². The summed E-state index contributed by atoms with van der Waals surface area (Å²) >= 11 is 0. The van der Waals surface area contributed by atoms with E-state index in [1.807, 2.05) is 53.2 Å². The van der Waals surface area contributed by atoms with Crippen molar-refractivity contribution in [1.82, 2.24) is 24.7 Å². The van der Waals surface area contributed by atoms with Gasteiger partial charge in [-0.05, 0) is 42.0 Å². The number of nitrogens with zero attached hydrogens (tertiary/aromatic N) is 6. The molecule has 0 aliphatic carbocycles. The van der Waals surface area contributed by atoms with Crippen molar-refractivity contribution in [1.29, 1.82) is 0 Å². The monoisotopic (exact) mass is 450 g/mol. The number of carbonyl (C=O) groups excluding carboxylic acids is 1. The third-order valence-corrected chi connectivity index (χ3v) is 5.45. The van der Waals surface area contributed by atoms with Gasteiger partial charge in [-0.1, -0.05) is 36.4 Å². The molecule has 0 fully saturated rings. The number of amides is 1. The molecule has 0 bridgehead atoms. The van der Waals surface area contributed by atoms with E-state index in [1.54, 1.807) is 24.3 Å². The van der Waals surface area contributed by atoms with Gasteiger partial charge in [0.25, 0.3) is 0 Å². The van der Waals surface area contributed by atoms with Gasteiger partial charge in [0.05, 0.1) is 18.3 Å². The van der Waals surface area contributed by atoms with Gasteiger partial charge in [0.2, 0.25) is 17.8 Å². The molecule has 0 unspecified atom stereocenters. The first-order valence-corrected chi connectivity index (χ1v) is 10.7. The summed E-state index contributed by atoms with van der Waals surface area (Å²) in [5.41, 5.74) is 9.58. The number of rotatable bonds is 7. The lowest BCUT2D eigenvalue weighted by Gasteiger charge is -2.18. The molecule has 3 aromatic carbocycles. The van der Waals surface area contributed by atoms with Crippen LogP contribution in [0.5, 0.6) is 0 Å². The van der Waals surface area contributed by atoms with Crippen molar-refractivity contribution in [2.75, 3.05) is 17.3 Å². The van der Waals surface area contributed by atoms with Gasteiger partial charge in [0.1, 0.15) is 6.33 Å². The molecule has 0 aliphatic rings. The lowest BCUT2D eigenvalue weighted by molar-refractivity contribution is 0.100. The average Bonchev–Trinajstić information content (AvgIpc) is 3.26. The van der Waals surface area contributed by atoms with Gasteiger partial charge < -0.3 is 16.0 Å². The second-order valence-corrected chi connectivity index (χ2v) is 7.77.